The Morgan fingerprint density at radius 3 is 3.00 bits per heavy atom. The van der Waals surface area contributed by atoms with Gasteiger partial charge in [0.1, 0.15) is 0 Å². The molecule has 0 saturated carbocycles. The van der Waals surface area contributed by atoms with Crippen molar-refractivity contribution < 1.29 is 14.6 Å². The summed E-state index contributed by atoms with van der Waals surface area (Å²) < 4.78 is 5.33. The number of hydrogen-bond donors (Lipinski definition) is 1. The molecule has 0 amide bonds. The van der Waals surface area contributed by atoms with E-state index in [2.05, 4.69) is 23.8 Å². The van der Waals surface area contributed by atoms with Gasteiger partial charge >= 0.3 is 12.0 Å². The van der Waals surface area contributed by atoms with Crippen LogP contribution in [-0.2, 0) is 0 Å². The second-order valence-corrected chi connectivity index (χ2v) is 3.73. The van der Waals surface area contributed by atoms with Gasteiger partial charge in [-0.2, -0.15) is 4.98 Å². The van der Waals surface area contributed by atoms with E-state index >= 15 is 0 Å². The summed E-state index contributed by atoms with van der Waals surface area (Å²) in [5.41, 5.74) is -0.0480. The Kier molecular flexibility index (Phi) is 4.69. The van der Waals surface area contributed by atoms with Crippen molar-refractivity contribution in [3.05, 3.63) is 18.0 Å². The van der Waals surface area contributed by atoms with E-state index in [1.807, 2.05) is 0 Å². The monoisotopic (exact) mass is 224 g/mol. The van der Waals surface area contributed by atoms with Crippen LogP contribution >= 0.6 is 0 Å². The van der Waals surface area contributed by atoms with Gasteiger partial charge in [0.15, 0.2) is 5.69 Å². The molecule has 1 unspecified atom stereocenters. The molecule has 1 rings (SSSR count). The Balaban J connectivity index is 2.54. The first-order valence-electron chi connectivity index (χ1n) is 5.32. The number of ether oxygens (including phenoxy) is 1. The van der Waals surface area contributed by atoms with E-state index in [-0.39, 0.29) is 11.7 Å². The fraction of sp³-hybridized carbons (Fsp3) is 0.545. The molecule has 0 radical (unpaired) electrons. The van der Waals surface area contributed by atoms with Crippen LogP contribution in [-0.4, -0.2) is 27.7 Å². The Morgan fingerprint density at radius 2 is 2.38 bits per heavy atom. The van der Waals surface area contributed by atoms with Crippen LogP contribution in [0.1, 0.15) is 37.2 Å². The minimum absolute atomic E-state index is 0.0480. The lowest BCUT2D eigenvalue weighted by atomic mass is 10.1. The van der Waals surface area contributed by atoms with Crippen LogP contribution in [0.15, 0.2) is 12.3 Å². The summed E-state index contributed by atoms with van der Waals surface area (Å²) in [7, 11) is 0. The second kappa shape index (κ2) is 6.05. The van der Waals surface area contributed by atoms with Crippen LogP contribution < -0.4 is 4.74 Å². The zero-order valence-corrected chi connectivity index (χ0v) is 9.51. The standard InChI is InChI=1S/C11H16N2O3/c1-3-4-8(2)7-16-11-12-6-5-9(13-11)10(14)15/h5-6,8H,3-4,7H2,1-2H3,(H,14,15). The van der Waals surface area contributed by atoms with E-state index < -0.39 is 5.97 Å². The minimum Gasteiger partial charge on any atom is -0.477 e. The maximum absolute atomic E-state index is 10.6. The number of nitrogens with zero attached hydrogens (tertiary/aromatic N) is 2. The third kappa shape index (κ3) is 3.84. The average Bonchev–Trinajstić information content (AvgIpc) is 2.27. The molecule has 88 valence electrons. The van der Waals surface area contributed by atoms with Gasteiger partial charge in [0.25, 0.3) is 0 Å². The molecule has 1 heterocycles. The highest BCUT2D eigenvalue weighted by Gasteiger charge is 2.08. The fourth-order valence-electron chi connectivity index (χ4n) is 1.32. The van der Waals surface area contributed by atoms with E-state index in [1.165, 1.54) is 12.3 Å². The van der Waals surface area contributed by atoms with E-state index in [4.69, 9.17) is 9.84 Å². The van der Waals surface area contributed by atoms with Crippen molar-refractivity contribution >= 4 is 5.97 Å². The van der Waals surface area contributed by atoms with E-state index in [1.54, 1.807) is 0 Å². The summed E-state index contributed by atoms with van der Waals surface area (Å²) >= 11 is 0. The third-order valence-electron chi connectivity index (χ3n) is 2.13. The molecule has 0 fully saturated rings. The zero-order valence-electron chi connectivity index (χ0n) is 9.51. The normalized spacial score (nSPS) is 12.1. The van der Waals surface area contributed by atoms with E-state index in [0.717, 1.165) is 12.8 Å². The minimum atomic E-state index is -1.08. The van der Waals surface area contributed by atoms with Crippen LogP contribution in [0.2, 0.25) is 0 Å². The lowest BCUT2D eigenvalue weighted by Crippen LogP contribution is -2.11. The molecule has 1 aromatic heterocycles. The number of carboxylic acid groups (broad SMARTS) is 1. The van der Waals surface area contributed by atoms with Crippen molar-refractivity contribution in [1.82, 2.24) is 9.97 Å². The third-order valence-corrected chi connectivity index (χ3v) is 2.13. The SMILES string of the molecule is CCCC(C)COc1nccc(C(=O)O)n1. The maximum Gasteiger partial charge on any atom is 0.354 e. The Bertz CT molecular complexity index is 355. The van der Waals surface area contributed by atoms with Crippen molar-refractivity contribution in [3.8, 4) is 6.01 Å². The van der Waals surface area contributed by atoms with Crippen molar-refractivity contribution in [2.45, 2.75) is 26.7 Å². The predicted octanol–water partition coefficient (Wildman–Crippen LogP) is 1.99. The molecule has 0 aliphatic carbocycles. The summed E-state index contributed by atoms with van der Waals surface area (Å²) in [4.78, 5) is 18.3. The van der Waals surface area contributed by atoms with Gasteiger partial charge < -0.3 is 9.84 Å². The highest BCUT2D eigenvalue weighted by Crippen LogP contribution is 2.08. The molecule has 1 atom stereocenters. The Morgan fingerprint density at radius 1 is 1.62 bits per heavy atom. The molecule has 16 heavy (non-hydrogen) atoms. The summed E-state index contributed by atoms with van der Waals surface area (Å²) in [6.45, 7) is 4.69. The summed E-state index contributed by atoms with van der Waals surface area (Å²) in [5, 5.41) is 8.73. The molecule has 0 aliphatic heterocycles. The molecular formula is C11H16N2O3. The van der Waals surface area contributed by atoms with Gasteiger partial charge in [-0.05, 0) is 18.4 Å². The predicted molar refractivity (Wildman–Crippen MR) is 58.6 cm³/mol. The van der Waals surface area contributed by atoms with Crippen LogP contribution in [0.5, 0.6) is 6.01 Å². The van der Waals surface area contributed by atoms with E-state index in [9.17, 15) is 4.79 Å². The lowest BCUT2D eigenvalue weighted by molar-refractivity contribution is 0.0688. The van der Waals surface area contributed by atoms with Gasteiger partial charge in [0.2, 0.25) is 0 Å². The van der Waals surface area contributed by atoms with Crippen molar-refractivity contribution in [2.75, 3.05) is 6.61 Å². The van der Waals surface area contributed by atoms with Gasteiger partial charge in [-0.15, -0.1) is 0 Å². The zero-order chi connectivity index (χ0) is 12.0. The lowest BCUT2D eigenvalue weighted by Gasteiger charge is -2.10. The van der Waals surface area contributed by atoms with Crippen LogP contribution in [0, 0.1) is 5.92 Å². The quantitative estimate of drug-likeness (QED) is 0.800. The summed E-state index contributed by atoms with van der Waals surface area (Å²) in [6.07, 6.45) is 3.55. The van der Waals surface area contributed by atoms with Crippen LogP contribution in [0.4, 0.5) is 0 Å². The molecule has 0 aromatic carbocycles. The van der Waals surface area contributed by atoms with Gasteiger partial charge in [0.05, 0.1) is 6.61 Å². The second-order valence-electron chi connectivity index (χ2n) is 3.73. The molecule has 1 aromatic rings. The first-order valence-corrected chi connectivity index (χ1v) is 5.32. The molecular weight excluding hydrogens is 208 g/mol. The molecule has 0 aliphatic rings. The van der Waals surface area contributed by atoms with Gasteiger partial charge in [0, 0.05) is 6.20 Å². The Labute approximate surface area is 94.5 Å². The Hall–Kier alpha value is -1.65. The van der Waals surface area contributed by atoms with Crippen LogP contribution in [0.25, 0.3) is 0 Å². The highest BCUT2D eigenvalue weighted by molar-refractivity contribution is 5.85. The number of hydrogen-bond acceptors (Lipinski definition) is 4. The number of carboxylic acids is 1. The highest BCUT2D eigenvalue weighted by atomic mass is 16.5. The molecule has 5 nitrogen and oxygen atoms in total. The topological polar surface area (TPSA) is 72.3 Å². The van der Waals surface area contributed by atoms with E-state index in [0.29, 0.717) is 12.5 Å². The number of rotatable bonds is 6. The first-order chi connectivity index (χ1) is 7.63. The van der Waals surface area contributed by atoms with Crippen molar-refractivity contribution in [3.63, 3.8) is 0 Å². The molecule has 5 heteroatoms. The molecule has 1 N–H and O–H groups in total. The van der Waals surface area contributed by atoms with Crippen molar-refractivity contribution in [2.24, 2.45) is 5.92 Å². The average molecular weight is 224 g/mol. The number of aromatic nitrogens is 2. The summed E-state index contributed by atoms with van der Waals surface area (Å²) in [6, 6.07) is 1.47. The number of aromatic carboxylic acids is 1. The van der Waals surface area contributed by atoms with Crippen molar-refractivity contribution in [1.29, 1.82) is 0 Å². The smallest absolute Gasteiger partial charge is 0.354 e. The molecule has 0 saturated heterocycles. The first kappa shape index (κ1) is 12.4. The molecule has 0 spiro atoms. The van der Waals surface area contributed by atoms with Gasteiger partial charge in [-0.25, -0.2) is 9.78 Å². The van der Waals surface area contributed by atoms with Crippen LogP contribution in [0.3, 0.4) is 0 Å². The fourth-order valence-corrected chi connectivity index (χ4v) is 1.32. The molecule has 0 bridgehead atoms. The number of carbonyl (C=O) groups is 1. The van der Waals surface area contributed by atoms with Gasteiger partial charge in [-0.3, -0.25) is 0 Å². The maximum atomic E-state index is 10.6. The summed E-state index contributed by atoms with van der Waals surface area (Å²) in [5.74, 6) is -0.657. The largest absolute Gasteiger partial charge is 0.477 e. The van der Waals surface area contributed by atoms with Gasteiger partial charge in [-0.1, -0.05) is 20.3 Å².